The molecule has 1 aliphatic heterocycles. The van der Waals surface area contributed by atoms with Crippen LogP contribution in [0.3, 0.4) is 0 Å². The second kappa shape index (κ2) is 9.82. The van der Waals surface area contributed by atoms with Gasteiger partial charge in [0.1, 0.15) is 6.04 Å². The molecule has 1 heterocycles. The number of urea groups is 1. The van der Waals surface area contributed by atoms with Gasteiger partial charge in [-0.3, -0.25) is 19.3 Å². The minimum Gasteiger partial charge on any atom is -0.337 e. The van der Waals surface area contributed by atoms with E-state index in [1.165, 1.54) is 43.3 Å². The van der Waals surface area contributed by atoms with Gasteiger partial charge in [0.25, 0.3) is 21.8 Å². The Hall–Kier alpha value is -3.73. The first-order chi connectivity index (χ1) is 15.7. The third-order valence-corrected chi connectivity index (χ3v) is 6.41. The summed E-state index contributed by atoms with van der Waals surface area (Å²) in [6, 6.07) is 9.55. The smallest absolute Gasteiger partial charge is 0.328 e. The molecule has 0 saturated heterocycles. The minimum atomic E-state index is -4.09. The number of hydrogen-bond donors (Lipinski definition) is 3. The number of anilines is 1. The lowest BCUT2D eigenvalue weighted by Gasteiger charge is -2.21. The van der Waals surface area contributed by atoms with E-state index >= 15 is 0 Å². The molecule has 0 saturated carbocycles. The highest BCUT2D eigenvalue weighted by atomic mass is 32.2. The summed E-state index contributed by atoms with van der Waals surface area (Å²) >= 11 is 0. The first kappa shape index (κ1) is 23.9. The third kappa shape index (κ3) is 5.20. The van der Waals surface area contributed by atoms with Crippen molar-refractivity contribution in [3.8, 4) is 0 Å². The number of carbonyl (C=O) groups excluding carboxylic acids is 4. The summed E-state index contributed by atoms with van der Waals surface area (Å²) < 4.78 is 26.6. The molecule has 11 heteroatoms. The van der Waals surface area contributed by atoms with Gasteiger partial charge in [-0.05, 0) is 49.7 Å². The number of fused-ring (bicyclic) bond motifs is 1. The van der Waals surface area contributed by atoms with Gasteiger partial charge in [0.2, 0.25) is 5.91 Å². The van der Waals surface area contributed by atoms with E-state index in [2.05, 4.69) is 10.6 Å². The Balaban J connectivity index is 1.64. The number of imide groups is 1. The Bertz CT molecular complexity index is 1160. The second-order valence-corrected chi connectivity index (χ2v) is 9.11. The number of nitrogens with one attached hydrogen (secondary N) is 3. The van der Waals surface area contributed by atoms with E-state index in [1.807, 2.05) is 11.6 Å². The summed E-state index contributed by atoms with van der Waals surface area (Å²) in [4.78, 5) is 50.2. The highest BCUT2D eigenvalue weighted by molar-refractivity contribution is 7.90. The number of hydrogen-bond acceptors (Lipinski definition) is 6. The molecule has 0 aliphatic carbocycles. The Morgan fingerprint density at radius 2 is 1.55 bits per heavy atom. The molecule has 0 aromatic heterocycles. The van der Waals surface area contributed by atoms with Crippen LogP contribution in [0.2, 0.25) is 0 Å². The maximum Gasteiger partial charge on any atom is 0.328 e. The van der Waals surface area contributed by atoms with Crippen molar-refractivity contribution in [1.82, 2.24) is 14.9 Å². The fraction of sp³-hybridized carbons (Fsp3) is 0.273. The molecule has 0 radical (unpaired) electrons. The van der Waals surface area contributed by atoms with Gasteiger partial charge in [0, 0.05) is 12.2 Å². The van der Waals surface area contributed by atoms with E-state index in [4.69, 9.17) is 0 Å². The van der Waals surface area contributed by atoms with Gasteiger partial charge in [0.15, 0.2) is 0 Å². The molecular weight excluding hydrogens is 448 g/mol. The summed E-state index contributed by atoms with van der Waals surface area (Å²) in [5, 5.41) is 5.01. The lowest BCUT2D eigenvalue weighted by Crippen LogP contribution is -2.45. The van der Waals surface area contributed by atoms with Crippen LogP contribution in [-0.4, -0.2) is 49.7 Å². The molecular formula is C22H24N4O6S. The van der Waals surface area contributed by atoms with Crippen LogP contribution >= 0.6 is 0 Å². The summed E-state index contributed by atoms with van der Waals surface area (Å²) in [6.07, 6.45) is 1.58. The molecule has 1 aliphatic rings. The van der Waals surface area contributed by atoms with Gasteiger partial charge in [-0.1, -0.05) is 25.5 Å². The minimum absolute atomic E-state index is 0.167. The molecule has 0 unspecified atom stereocenters. The van der Waals surface area contributed by atoms with Crippen molar-refractivity contribution in [2.75, 3.05) is 11.9 Å². The largest absolute Gasteiger partial charge is 0.337 e. The Morgan fingerprint density at radius 1 is 0.970 bits per heavy atom. The summed E-state index contributed by atoms with van der Waals surface area (Å²) in [5.74, 6) is -1.72. The lowest BCUT2D eigenvalue weighted by atomic mass is 10.1. The second-order valence-electron chi connectivity index (χ2n) is 7.43. The molecule has 2 aromatic rings. The van der Waals surface area contributed by atoms with Gasteiger partial charge >= 0.3 is 6.03 Å². The van der Waals surface area contributed by atoms with E-state index in [1.54, 1.807) is 12.1 Å². The van der Waals surface area contributed by atoms with E-state index < -0.39 is 39.8 Å². The van der Waals surface area contributed by atoms with Gasteiger partial charge in [-0.25, -0.2) is 17.9 Å². The third-order valence-electron chi connectivity index (χ3n) is 5.07. The molecule has 5 amide bonds. The van der Waals surface area contributed by atoms with Crippen LogP contribution in [-0.2, 0) is 14.8 Å². The van der Waals surface area contributed by atoms with Gasteiger partial charge in [0.05, 0.1) is 16.0 Å². The van der Waals surface area contributed by atoms with Crippen molar-refractivity contribution in [3.63, 3.8) is 0 Å². The first-order valence-electron chi connectivity index (χ1n) is 10.3. The number of carbonyl (C=O) groups is 4. The lowest BCUT2D eigenvalue weighted by molar-refractivity contribution is -0.119. The molecule has 3 N–H and O–H groups in total. The van der Waals surface area contributed by atoms with E-state index in [9.17, 15) is 27.6 Å². The monoisotopic (exact) mass is 472 g/mol. The van der Waals surface area contributed by atoms with Gasteiger partial charge in [-0.2, -0.15) is 0 Å². The SMILES string of the molecule is CCCCNC(=O)NS(=O)(=O)c1ccc(NC(=O)[C@@H](C)N2C(=O)c3ccccc3C2=O)cc1. The zero-order chi connectivity index (χ0) is 24.2. The van der Waals surface area contributed by atoms with E-state index in [0.717, 1.165) is 17.7 Å². The number of unbranched alkanes of at least 4 members (excludes halogenated alkanes) is 1. The molecule has 1 atom stereocenters. The quantitative estimate of drug-likeness (QED) is 0.397. The van der Waals surface area contributed by atoms with E-state index in [-0.39, 0.29) is 21.7 Å². The Morgan fingerprint density at radius 3 is 2.09 bits per heavy atom. The molecule has 10 nitrogen and oxygen atoms in total. The molecule has 2 aromatic carbocycles. The number of amides is 5. The van der Waals surface area contributed by atoms with Crippen LogP contribution < -0.4 is 15.4 Å². The zero-order valence-corrected chi connectivity index (χ0v) is 18.9. The average molecular weight is 473 g/mol. The van der Waals surface area contributed by atoms with E-state index in [0.29, 0.717) is 6.54 Å². The Labute approximate surface area is 191 Å². The fourth-order valence-corrected chi connectivity index (χ4v) is 4.17. The van der Waals surface area contributed by atoms with Crippen molar-refractivity contribution >= 4 is 39.5 Å². The normalized spacial score (nSPS) is 13.9. The van der Waals surface area contributed by atoms with Crippen LogP contribution in [0.5, 0.6) is 0 Å². The summed E-state index contributed by atoms with van der Waals surface area (Å²) in [6.45, 7) is 3.72. The van der Waals surface area contributed by atoms with Crippen LogP contribution in [0.25, 0.3) is 0 Å². The fourth-order valence-electron chi connectivity index (χ4n) is 3.24. The van der Waals surface area contributed by atoms with Crippen molar-refractivity contribution in [3.05, 3.63) is 59.7 Å². The summed E-state index contributed by atoms with van der Waals surface area (Å²) in [7, 11) is -4.09. The highest BCUT2D eigenvalue weighted by Gasteiger charge is 2.40. The maximum atomic E-state index is 12.7. The van der Waals surface area contributed by atoms with Crippen LogP contribution in [0.4, 0.5) is 10.5 Å². The maximum absolute atomic E-state index is 12.7. The predicted octanol–water partition coefficient (Wildman–Crippen LogP) is 2.10. The van der Waals surface area contributed by atoms with Crippen molar-refractivity contribution in [2.45, 2.75) is 37.6 Å². The number of benzene rings is 2. The molecule has 3 rings (SSSR count). The molecule has 174 valence electrons. The first-order valence-corrected chi connectivity index (χ1v) is 11.8. The van der Waals surface area contributed by atoms with Crippen molar-refractivity contribution in [1.29, 1.82) is 0 Å². The molecule has 0 fully saturated rings. The molecule has 33 heavy (non-hydrogen) atoms. The molecule has 0 spiro atoms. The van der Waals surface area contributed by atoms with Gasteiger partial charge < -0.3 is 10.6 Å². The topological polar surface area (TPSA) is 142 Å². The van der Waals surface area contributed by atoms with Crippen LogP contribution in [0.1, 0.15) is 47.4 Å². The van der Waals surface area contributed by atoms with Crippen molar-refractivity contribution < 1.29 is 27.6 Å². The summed E-state index contributed by atoms with van der Waals surface area (Å²) in [5.41, 5.74) is 0.737. The standard InChI is InChI=1S/C22H24N4O6S/c1-3-4-13-23-22(30)25-33(31,32)16-11-9-15(10-12-16)24-19(27)14(2)26-20(28)17-7-5-6-8-18(17)21(26)29/h5-12,14H,3-4,13H2,1-2H3,(H,24,27)(H2,23,25,30)/t14-/m1/s1. The van der Waals surface area contributed by atoms with Crippen LogP contribution in [0.15, 0.2) is 53.4 Å². The van der Waals surface area contributed by atoms with Crippen molar-refractivity contribution in [2.24, 2.45) is 0 Å². The highest BCUT2D eigenvalue weighted by Crippen LogP contribution is 2.25. The Kier molecular flexibility index (Phi) is 7.12. The number of rotatable bonds is 8. The van der Waals surface area contributed by atoms with Crippen LogP contribution in [0, 0.1) is 0 Å². The average Bonchev–Trinajstić information content (AvgIpc) is 3.04. The molecule has 0 bridgehead atoms. The predicted molar refractivity (Wildman–Crippen MR) is 120 cm³/mol. The number of nitrogens with zero attached hydrogens (tertiary/aromatic N) is 1. The zero-order valence-electron chi connectivity index (χ0n) is 18.1. The number of sulfonamides is 1. The van der Waals surface area contributed by atoms with Gasteiger partial charge in [-0.15, -0.1) is 0 Å².